The highest BCUT2D eigenvalue weighted by atomic mass is 127. The maximum Gasteiger partial charge on any atom is 0.127 e. The maximum atomic E-state index is 9.55. The summed E-state index contributed by atoms with van der Waals surface area (Å²) in [6.45, 7) is 21.7. The van der Waals surface area contributed by atoms with E-state index in [-0.39, 0.29) is 18.8 Å². The second-order valence-corrected chi connectivity index (χ2v) is 15.1. The van der Waals surface area contributed by atoms with E-state index in [1.54, 1.807) is 23.0 Å². The molecule has 0 bridgehead atoms. The third-order valence-corrected chi connectivity index (χ3v) is 9.98. The number of aliphatic hydroxyl groups excluding tert-OH is 1. The van der Waals surface area contributed by atoms with Crippen LogP contribution in [0.2, 0.25) is 0 Å². The van der Waals surface area contributed by atoms with Gasteiger partial charge in [0.15, 0.2) is 0 Å². The summed E-state index contributed by atoms with van der Waals surface area (Å²) < 4.78 is 34.5. The summed E-state index contributed by atoms with van der Waals surface area (Å²) in [5, 5.41) is 9.55. The van der Waals surface area contributed by atoms with Crippen LogP contribution < -0.4 is 9.47 Å². The molecule has 0 spiro atoms. The van der Waals surface area contributed by atoms with Crippen LogP contribution in [0.15, 0.2) is 0 Å². The van der Waals surface area contributed by atoms with E-state index in [0.717, 1.165) is 54.1 Å². The Balaban J connectivity index is 1.69. The number of ether oxygens (including phenoxy) is 5. The van der Waals surface area contributed by atoms with Crippen LogP contribution in [0, 0.1) is 38.5 Å². The van der Waals surface area contributed by atoms with Gasteiger partial charge >= 0.3 is 0 Å². The summed E-state index contributed by atoms with van der Waals surface area (Å²) in [4.78, 5) is 0. The zero-order chi connectivity index (χ0) is 34.0. The fourth-order valence-corrected chi connectivity index (χ4v) is 6.87. The van der Waals surface area contributed by atoms with E-state index >= 15 is 0 Å². The van der Waals surface area contributed by atoms with Crippen LogP contribution in [0.1, 0.15) is 121 Å². The maximum absolute atomic E-state index is 9.55. The lowest BCUT2D eigenvalue weighted by Crippen LogP contribution is -2.37. The van der Waals surface area contributed by atoms with Crippen molar-refractivity contribution < 1.29 is 31.9 Å². The molecule has 7 nitrogen and oxygen atoms in total. The van der Waals surface area contributed by atoms with E-state index in [2.05, 4.69) is 55.4 Å². The summed E-state index contributed by atoms with van der Waals surface area (Å²) >= 11 is 1.76. The minimum Gasteiger partial charge on any atom is -0.491 e. The normalized spacial score (nSPS) is 18.3. The van der Waals surface area contributed by atoms with Crippen molar-refractivity contribution in [3.63, 3.8) is 0 Å². The topological polar surface area (TPSA) is 75.6 Å². The molecule has 0 amide bonds. The van der Waals surface area contributed by atoms with E-state index in [4.69, 9.17) is 26.8 Å². The average molecular weight is 763 g/mol. The van der Waals surface area contributed by atoms with Gasteiger partial charge in [-0.05, 0) is 87.8 Å². The third kappa shape index (κ3) is 15.7. The fraction of sp³-hybridized carbons (Fsp3) is 0.842. The number of hydrogen-bond acceptors (Lipinski definition) is 7. The molecule has 8 heteroatoms. The minimum absolute atomic E-state index is 0.101. The Morgan fingerprint density at radius 1 is 0.739 bits per heavy atom. The Morgan fingerprint density at radius 3 is 1.91 bits per heavy atom. The molecule has 46 heavy (non-hydrogen) atoms. The van der Waals surface area contributed by atoms with Gasteiger partial charge < -0.3 is 31.9 Å². The van der Waals surface area contributed by atoms with Gasteiger partial charge in [-0.25, -0.2) is 0 Å². The molecular weight excluding hydrogens is 695 g/mol. The second kappa shape index (κ2) is 22.9. The van der Waals surface area contributed by atoms with Crippen molar-refractivity contribution in [3.8, 4) is 11.5 Å². The lowest BCUT2D eigenvalue weighted by Gasteiger charge is -2.38. The van der Waals surface area contributed by atoms with Crippen LogP contribution in [0.5, 0.6) is 11.5 Å². The van der Waals surface area contributed by atoms with Gasteiger partial charge in [0.05, 0.1) is 46.2 Å². The Labute approximate surface area is 295 Å². The van der Waals surface area contributed by atoms with Crippen LogP contribution in [0.4, 0.5) is 0 Å². The molecule has 1 heterocycles. The van der Waals surface area contributed by atoms with Crippen LogP contribution in [0.25, 0.3) is 0 Å². The number of hydrogen-bond donors (Lipinski definition) is 1. The molecule has 1 aromatic rings. The molecule has 0 saturated heterocycles. The molecule has 0 saturated carbocycles. The molecule has 1 unspecified atom stereocenters. The predicted octanol–water partition coefficient (Wildman–Crippen LogP) is 9.29. The largest absolute Gasteiger partial charge is 0.491 e. The van der Waals surface area contributed by atoms with E-state index < -0.39 is 6.10 Å². The van der Waals surface area contributed by atoms with Gasteiger partial charge in [-0.1, -0.05) is 72.6 Å². The first-order chi connectivity index (χ1) is 22.0. The third-order valence-electron chi connectivity index (χ3n) is 9.62. The number of fused-ring (bicyclic) bond motifs is 1. The SMILES string of the molecule is Cc1c(C)c2c(c(C)c1OCCOCCOCCOCC(O)COI)CC[C@](C)(CCC[C@@H](C)CCC[C@H](C)CCCC(C)C)O2. The first-order valence-electron chi connectivity index (χ1n) is 18.1. The van der Waals surface area contributed by atoms with Gasteiger partial charge in [0.2, 0.25) is 0 Å². The highest BCUT2D eigenvalue weighted by Gasteiger charge is 2.34. The first-order valence-corrected chi connectivity index (χ1v) is 18.9. The van der Waals surface area contributed by atoms with Crippen molar-refractivity contribution in [2.75, 3.05) is 52.9 Å². The molecule has 0 aliphatic carbocycles. The molecule has 4 atom stereocenters. The lowest BCUT2D eigenvalue weighted by atomic mass is 9.83. The van der Waals surface area contributed by atoms with Gasteiger partial charge in [0.25, 0.3) is 0 Å². The highest BCUT2D eigenvalue weighted by Crippen LogP contribution is 2.45. The van der Waals surface area contributed by atoms with Crippen molar-refractivity contribution in [1.82, 2.24) is 0 Å². The first kappa shape index (κ1) is 41.5. The van der Waals surface area contributed by atoms with Crippen LogP contribution in [-0.2, 0) is 23.7 Å². The molecule has 0 aromatic heterocycles. The molecule has 268 valence electrons. The number of benzene rings is 1. The van der Waals surface area contributed by atoms with Crippen LogP contribution >= 0.6 is 23.0 Å². The standard InChI is InChI=1S/C38H67IO7/c1-28(2)12-9-13-29(3)14-10-15-30(4)16-11-18-38(8)19-17-35-33(7)36(31(5)32(6)37(35)46-38)44-25-24-42-21-20-41-22-23-43-26-34(40)27-45-39/h28-30,34,40H,9-27H2,1-8H3/t29-,30+,34?,38+/m1/s1. The molecule has 1 aliphatic rings. The number of halogens is 1. The average Bonchev–Trinajstić information content (AvgIpc) is 3.00. The predicted molar refractivity (Wildman–Crippen MR) is 197 cm³/mol. The molecule has 0 radical (unpaired) electrons. The van der Waals surface area contributed by atoms with Gasteiger partial charge in [-0.15, -0.1) is 0 Å². The minimum atomic E-state index is -0.610. The van der Waals surface area contributed by atoms with Crippen molar-refractivity contribution in [2.45, 2.75) is 138 Å². The van der Waals surface area contributed by atoms with Gasteiger partial charge in [0, 0.05) is 5.56 Å². The quantitative estimate of drug-likeness (QED) is 0.0745. The fourth-order valence-electron chi connectivity index (χ4n) is 6.46. The van der Waals surface area contributed by atoms with E-state index in [9.17, 15) is 5.11 Å². The molecule has 1 aromatic carbocycles. The van der Waals surface area contributed by atoms with Crippen molar-refractivity contribution in [2.24, 2.45) is 17.8 Å². The Kier molecular flexibility index (Phi) is 20.7. The summed E-state index contributed by atoms with van der Waals surface area (Å²) in [6, 6.07) is 0. The summed E-state index contributed by atoms with van der Waals surface area (Å²) in [6.07, 6.45) is 13.4. The van der Waals surface area contributed by atoms with Crippen molar-refractivity contribution in [3.05, 3.63) is 22.3 Å². The van der Waals surface area contributed by atoms with Crippen LogP contribution in [0.3, 0.4) is 0 Å². The van der Waals surface area contributed by atoms with Crippen molar-refractivity contribution in [1.29, 1.82) is 0 Å². The van der Waals surface area contributed by atoms with E-state index in [1.165, 1.54) is 68.1 Å². The second-order valence-electron chi connectivity index (χ2n) is 14.5. The molecule has 1 aliphatic heterocycles. The zero-order valence-electron chi connectivity index (χ0n) is 30.5. The summed E-state index contributed by atoms with van der Waals surface area (Å²) in [5.41, 5.74) is 4.76. The summed E-state index contributed by atoms with van der Waals surface area (Å²) in [7, 11) is 0. The molecule has 0 fully saturated rings. The Bertz CT molecular complexity index is 971. The lowest BCUT2D eigenvalue weighted by molar-refractivity contribution is -0.0180. The highest BCUT2D eigenvalue weighted by molar-refractivity contribution is 14.1. The molecule has 2 rings (SSSR count). The van der Waals surface area contributed by atoms with Crippen molar-refractivity contribution >= 4 is 23.0 Å². The Morgan fingerprint density at radius 2 is 1.30 bits per heavy atom. The van der Waals surface area contributed by atoms with Crippen LogP contribution in [-0.4, -0.2) is 69.7 Å². The molecular formula is C38H67IO7. The monoisotopic (exact) mass is 762 g/mol. The smallest absolute Gasteiger partial charge is 0.127 e. The van der Waals surface area contributed by atoms with Gasteiger partial charge in [0.1, 0.15) is 52.8 Å². The number of rotatable bonds is 26. The Hall–Kier alpha value is -0.650. The summed E-state index contributed by atoms with van der Waals surface area (Å²) in [5.74, 6) is 4.54. The van der Waals surface area contributed by atoms with E-state index in [0.29, 0.717) is 39.6 Å². The van der Waals surface area contributed by atoms with Gasteiger partial charge in [-0.3, -0.25) is 0 Å². The van der Waals surface area contributed by atoms with E-state index in [1.807, 2.05) is 0 Å². The number of aliphatic hydroxyl groups is 1. The van der Waals surface area contributed by atoms with Gasteiger partial charge in [-0.2, -0.15) is 0 Å². The molecule has 1 N–H and O–H groups in total. The zero-order valence-corrected chi connectivity index (χ0v) is 32.7.